The maximum Gasteiger partial charge on any atom is 0.255 e. The fourth-order valence-corrected chi connectivity index (χ4v) is 1.41. The number of amides is 1. The zero-order valence-corrected chi connectivity index (χ0v) is 9.82. The molecule has 0 saturated carbocycles. The maximum absolute atomic E-state index is 11.5. The first-order chi connectivity index (χ1) is 6.75. The maximum atomic E-state index is 11.5. The van der Waals surface area contributed by atoms with Gasteiger partial charge in [0.1, 0.15) is 5.75 Å². The highest BCUT2D eigenvalue weighted by atomic mass is 127. The second-order valence-corrected chi connectivity index (χ2v) is 3.89. The molecule has 1 rings (SSSR count). The minimum Gasteiger partial charge on any atom is -0.507 e. The van der Waals surface area contributed by atoms with E-state index in [1.807, 2.05) is 0 Å². The summed E-state index contributed by atoms with van der Waals surface area (Å²) in [4.78, 5) is 11.5. The summed E-state index contributed by atoms with van der Waals surface area (Å²) in [6, 6.07) is 6.53. The highest BCUT2D eigenvalue weighted by molar-refractivity contribution is 14.1. The van der Waals surface area contributed by atoms with Gasteiger partial charge in [0.05, 0.1) is 5.56 Å². The summed E-state index contributed by atoms with van der Waals surface area (Å²) in [7, 11) is 0. The van der Waals surface area contributed by atoms with E-state index in [1.165, 1.54) is 6.07 Å². The van der Waals surface area contributed by atoms with E-state index >= 15 is 0 Å². The van der Waals surface area contributed by atoms with Gasteiger partial charge in [-0.25, -0.2) is 0 Å². The van der Waals surface area contributed by atoms with E-state index in [1.54, 1.807) is 18.2 Å². The van der Waals surface area contributed by atoms with E-state index in [0.717, 1.165) is 10.8 Å². The van der Waals surface area contributed by atoms with Crippen LogP contribution in [-0.2, 0) is 0 Å². The molecule has 76 valence electrons. The highest BCUT2D eigenvalue weighted by Crippen LogP contribution is 2.14. The fourth-order valence-electron chi connectivity index (χ4n) is 1.03. The Labute approximate surface area is 96.7 Å². The van der Waals surface area contributed by atoms with Crippen molar-refractivity contribution in [3.63, 3.8) is 0 Å². The Kier molecular flexibility index (Phi) is 4.72. The van der Waals surface area contributed by atoms with E-state index in [9.17, 15) is 9.90 Å². The third-order valence-corrected chi connectivity index (χ3v) is 2.51. The van der Waals surface area contributed by atoms with Crippen molar-refractivity contribution in [2.45, 2.75) is 6.42 Å². The number of benzene rings is 1. The first-order valence-corrected chi connectivity index (χ1v) is 5.90. The molecule has 1 amide bonds. The number of phenols is 1. The molecule has 0 bridgehead atoms. The molecule has 0 aliphatic rings. The molecule has 0 atom stereocenters. The first kappa shape index (κ1) is 11.3. The van der Waals surface area contributed by atoms with Crippen molar-refractivity contribution in [3.05, 3.63) is 29.8 Å². The second-order valence-electron chi connectivity index (χ2n) is 2.82. The van der Waals surface area contributed by atoms with Gasteiger partial charge in [-0.3, -0.25) is 4.79 Å². The van der Waals surface area contributed by atoms with Crippen molar-refractivity contribution in [1.82, 2.24) is 5.32 Å². The lowest BCUT2D eigenvalue weighted by Crippen LogP contribution is -2.24. The fraction of sp³-hybridized carbons (Fsp3) is 0.300. The van der Waals surface area contributed by atoms with Crippen LogP contribution in [0.5, 0.6) is 5.75 Å². The van der Waals surface area contributed by atoms with Crippen molar-refractivity contribution < 1.29 is 9.90 Å². The van der Waals surface area contributed by atoms with E-state index in [-0.39, 0.29) is 11.7 Å². The number of hydrogen-bond donors (Lipinski definition) is 2. The Morgan fingerprint density at radius 1 is 1.43 bits per heavy atom. The normalized spacial score (nSPS) is 9.79. The van der Waals surface area contributed by atoms with Crippen LogP contribution in [0.15, 0.2) is 24.3 Å². The molecule has 1 aromatic carbocycles. The molecule has 0 aliphatic carbocycles. The van der Waals surface area contributed by atoms with Crippen LogP contribution in [0.1, 0.15) is 16.8 Å². The average Bonchev–Trinajstić information content (AvgIpc) is 2.18. The van der Waals surface area contributed by atoms with Gasteiger partial charge in [-0.1, -0.05) is 34.7 Å². The summed E-state index contributed by atoms with van der Waals surface area (Å²) >= 11 is 2.25. The van der Waals surface area contributed by atoms with Gasteiger partial charge < -0.3 is 10.4 Å². The van der Waals surface area contributed by atoms with Crippen LogP contribution in [0.4, 0.5) is 0 Å². The van der Waals surface area contributed by atoms with Crippen molar-refractivity contribution >= 4 is 28.5 Å². The van der Waals surface area contributed by atoms with Crippen molar-refractivity contribution in [2.75, 3.05) is 11.0 Å². The molecule has 0 heterocycles. The number of nitrogens with one attached hydrogen (secondary N) is 1. The molecule has 0 unspecified atom stereocenters. The standard InChI is InChI=1S/C10H12INO2/c11-6-3-7-12-10(14)8-4-1-2-5-9(8)13/h1-2,4-5,13H,3,6-7H2,(H,12,14). The van der Waals surface area contributed by atoms with Crippen LogP contribution < -0.4 is 5.32 Å². The Balaban J connectivity index is 2.56. The van der Waals surface area contributed by atoms with E-state index in [0.29, 0.717) is 12.1 Å². The molecule has 0 aliphatic heterocycles. The monoisotopic (exact) mass is 305 g/mol. The molecular formula is C10H12INO2. The number of alkyl halides is 1. The van der Waals surface area contributed by atoms with Crippen LogP contribution in [0.25, 0.3) is 0 Å². The number of rotatable bonds is 4. The molecule has 1 aromatic rings. The van der Waals surface area contributed by atoms with Crippen LogP contribution in [0.3, 0.4) is 0 Å². The van der Waals surface area contributed by atoms with E-state index in [4.69, 9.17) is 0 Å². The molecule has 0 fully saturated rings. The molecular weight excluding hydrogens is 293 g/mol. The van der Waals surface area contributed by atoms with Gasteiger partial charge in [-0.2, -0.15) is 0 Å². The Morgan fingerprint density at radius 3 is 2.79 bits per heavy atom. The number of phenolic OH excluding ortho intramolecular Hbond substituents is 1. The van der Waals surface area contributed by atoms with Gasteiger partial charge >= 0.3 is 0 Å². The molecule has 3 nitrogen and oxygen atoms in total. The van der Waals surface area contributed by atoms with E-state index < -0.39 is 0 Å². The third kappa shape index (κ3) is 3.17. The minimum atomic E-state index is -0.215. The van der Waals surface area contributed by atoms with Gasteiger partial charge in [-0.05, 0) is 18.6 Å². The molecule has 0 radical (unpaired) electrons. The summed E-state index contributed by atoms with van der Waals surface area (Å²) in [6.45, 7) is 0.649. The minimum absolute atomic E-state index is 0.0273. The number of carbonyl (C=O) groups is 1. The first-order valence-electron chi connectivity index (χ1n) is 4.38. The zero-order valence-electron chi connectivity index (χ0n) is 7.66. The predicted molar refractivity (Wildman–Crippen MR) is 63.9 cm³/mol. The van der Waals surface area contributed by atoms with Gasteiger partial charge in [0.15, 0.2) is 0 Å². The molecule has 0 spiro atoms. The number of carbonyl (C=O) groups excluding carboxylic acids is 1. The van der Waals surface area contributed by atoms with Crippen molar-refractivity contribution in [2.24, 2.45) is 0 Å². The lowest BCUT2D eigenvalue weighted by Gasteiger charge is -2.05. The SMILES string of the molecule is O=C(NCCCI)c1ccccc1O. The highest BCUT2D eigenvalue weighted by Gasteiger charge is 2.08. The Hall–Kier alpha value is -0.780. The van der Waals surface area contributed by atoms with Gasteiger partial charge in [-0.15, -0.1) is 0 Å². The van der Waals surface area contributed by atoms with Crippen molar-refractivity contribution in [3.8, 4) is 5.75 Å². The van der Waals surface area contributed by atoms with Gasteiger partial charge in [0.2, 0.25) is 0 Å². The average molecular weight is 305 g/mol. The number of halogens is 1. The number of para-hydroxylation sites is 1. The van der Waals surface area contributed by atoms with Gasteiger partial charge in [0, 0.05) is 11.0 Å². The topological polar surface area (TPSA) is 49.3 Å². The number of aromatic hydroxyl groups is 1. The third-order valence-electron chi connectivity index (χ3n) is 1.74. The second kappa shape index (κ2) is 5.85. The molecule has 14 heavy (non-hydrogen) atoms. The van der Waals surface area contributed by atoms with Crippen LogP contribution in [0, 0.1) is 0 Å². The smallest absolute Gasteiger partial charge is 0.255 e. The van der Waals surface area contributed by atoms with Crippen molar-refractivity contribution in [1.29, 1.82) is 0 Å². The summed E-state index contributed by atoms with van der Waals surface area (Å²) in [5.74, 6) is -0.188. The lowest BCUT2D eigenvalue weighted by atomic mass is 10.2. The molecule has 4 heteroatoms. The summed E-state index contributed by atoms with van der Waals surface area (Å²) in [6.07, 6.45) is 0.944. The number of hydrogen-bond acceptors (Lipinski definition) is 2. The largest absolute Gasteiger partial charge is 0.507 e. The summed E-state index contributed by atoms with van der Waals surface area (Å²) in [5, 5.41) is 12.1. The van der Waals surface area contributed by atoms with E-state index in [2.05, 4.69) is 27.9 Å². The predicted octanol–water partition coefficient (Wildman–Crippen LogP) is 1.95. The van der Waals surface area contributed by atoms with Crippen LogP contribution in [-0.4, -0.2) is 22.0 Å². The van der Waals surface area contributed by atoms with Crippen LogP contribution in [0.2, 0.25) is 0 Å². The zero-order chi connectivity index (χ0) is 10.4. The molecule has 2 N–H and O–H groups in total. The Morgan fingerprint density at radius 2 is 2.14 bits per heavy atom. The summed E-state index contributed by atoms with van der Waals surface area (Å²) in [5.41, 5.74) is 0.334. The Bertz CT molecular complexity index is 315. The molecule has 0 aromatic heterocycles. The van der Waals surface area contributed by atoms with Crippen LogP contribution >= 0.6 is 22.6 Å². The quantitative estimate of drug-likeness (QED) is 0.507. The van der Waals surface area contributed by atoms with Gasteiger partial charge in [0.25, 0.3) is 5.91 Å². The summed E-state index contributed by atoms with van der Waals surface area (Å²) < 4.78 is 1.01. The molecule has 0 saturated heterocycles. The lowest BCUT2D eigenvalue weighted by molar-refractivity contribution is 0.0951.